The summed E-state index contributed by atoms with van der Waals surface area (Å²) >= 11 is 19.2. The maximum absolute atomic E-state index is 13.4. The first-order chi connectivity index (χ1) is 22.5. The van der Waals surface area contributed by atoms with Crippen molar-refractivity contribution in [2.75, 3.05) is 31.1 Å². The van der Waals surface area contributed by atoms with Gasteiger partial charge in [0.05, 0.1) is 27.3 Å². The van der Waals surface area contributed by atoms with Crippen molar-refractivity contribution in [3.63, 3.8) is 0 Å². The van der Waals surface area contributed by atoms with Crippen LogP contribution in [0.4, 0.5) is 18.9 Å². The Kier molecular flexibility index (Phi) is 9.95. The summed E-state index contributed by atoms with van der Waals surface area (Å²) in [7, 11) is 0. The minimum atomic E-state index is -4.53. The average Bonchev–Trinajstić information content (AvgIpc) is 3.57. The molecule has 0 aromatic heterocycles. The summed E-state index contributed by atoms with van der Waals surface area (Å²) in [6.45, 7) is 2.39. The molecular formula is C36H33Cl3F3N3O2. The van der Waals surface area contributed by atoms with E-state index < -0.39 is 17.8 Å². The summed E-state index contributed by atoms with van der Waals surface area (Å²) in [5, 5.41) is 15.4. The molecule has 1 unspecified atom stereocenters. The van der Waals surface area contributed by atoms with Crippen molar-refractivity contribution in [1.82, 2.24) is 10.2 Å². The van der Waals surface area contributed by atoms with Crippen LogP contribution in [0.2, 0.25) is 15.1 Å². The summed E-state index contributed by atoms with van der Waals surface area (Å²) in [4.78, 5) is 17.7. The van der Waals surface area contributed by atoms with Gasteiger partial charge >= 0.3 is 6.18 Å². The van der Waals surface area contributed by atoms with Crippen LogP contribution in [0, 0.1) is 0 Å². The fraction of sp³-hybridized carbons (Fsp3) is 0.306. The number of anilines is 1. The van der Waals surface area contributed by atoms with E-state index in [4.69, 9.17) is 34.8 Å². The maximum Gasteiger partial charge on any atom is 0.416 e. The van der Waals surface area contributed by atoms with Crippen LogP contribution in [0.25, 0.3) is 11.1 Å². The van der Waals surface area contributed by atoms with E-state index in [1.165, 1.54) is 12.1 Å². The lowest BCUT2D eigenvalue weighted by Gasteiger charge is -2.41. The first-order valence-electron chi connectivity index (χ1n) is 15.5. The second-order valence-corrected chi connectivity index (χ2v) is 13.2. The number of phenolic OH excluding ortho intramolecular Hbond substituents is 1. The molecule has 4 aromatic carbocycles. The highest BCUT2D eigenvalue weighted by Gasteiger charge is 2.32. The third-order valence-electron chi connectivity index (χ3n) is 9.04. The molecule has 1 aliphatic heterocycles. The predicted octanol–water partition coefficient (Wildman–Crippen LogP) is 9.62. The Balaban J connectivity index is 1.37. The van der Waals surface area contributed by atoms with Crippen molar-refractivity contribution < 1.29 is 23.1 Å². The number of rotatable bonds is 7. The van der Waals surface area contributed by atoms with Crippen molar-refractivity contribution in [2.45, 2.75) is 43.9 Å². The predicted molar refractivity (Wildman–Crippen MR) is 182 cm³/mol. The van der Waals surface area contributed by atoms with Crippen LogP contribution in [-0.2, 0) is 6.18 Å². The minimum Gasteiger partial charge on any atom is -0.508 e. The van der Waals surface area contributed by atoms with Gasteiger partial charge in [-0.05, 0) is 72.5 Å². The number of aromatic hydroxyl groups is 1. The van der Waals surface area contributed by atoms with Gasteiger partial charge in [0.25, 0.3) is 5.91 Å². The topological polar surface area (TPSA) is 55.8 Å². The number of alkyl halides is 3. The largest absolute Gasteiger partial charge is 0.508 e. The van der Waals surface area contributed by atoms with Crippen LogP contribution in [-0.4, -0.2) is 48.1 Å². The van der Waals surface area contributed by atoms with E-state index >= 15 is 0 Å². The van der Waals surface area contributed by atoms with E-state index in [9.17, 15) is 23.1 Å². The normalized spacial score (nSPS) is 16.8. The second kappa shape index (κ2) is 14.0. The lowest BCUT2D eigenvalue weighted by molar-refractivity contribution is -0.137. The molecular weight excluding hydrogens is 670 g/mol. The number of piperazine rings is 1. The number of carbonyl (C=O) groups excluding carboxylic acids is 1. The molecule has 2 aliphatic rings. The number of hydrogen-bond acceptors (Lipinski definition) is 4. The highest BCUT2D eigenvalue weighted by Crippen LogP contribution is 2.41. The van der Waals surface area contributed by atoms with E-state index in [0.717, 1.165) is 49.1 Å². The van der Waals surface area contributed by atoms with Crippen LogP contribution in [0.1, 0.15) is 58.8 Å². The number of amides is 1. The van der Waals surface area contributed by atoms with Gasteiger partial charge in [-0.25, -0.2) is 0 Å². The molecule has 246 valence electrons. The van der Waals surface area contributed by atoms with E-state index in [0.29, 0.717) is 58.5 Å². The quantitative estimate of drug-likeness (QED) is 0.202. The third-order valence-corrected chi connectivity index (χ3v) is 10.2. The second-order valence-electron chi connectivity index (χ2n) is 12.0. The zero-order valence-electron chi connectivity index (χ0n) is 25.3. The average molecular weight is 703 g/mol. The van der Waals surface area contributed by atoms with E-state index in [1.54, 1.807) is 24.3 Å². The number of phenols is 1. The third kappa shape index (κ3) is 7.36. The minimum absolute atomic E-state index is 0.0166. The fourth-order valence-corrected chi connectivity index (χ4v) is 7.30. The molecule has 6 rings (SSSR count). The van der Waals surface area contributed by atoms with Crippen molar-refractivity contribution >= 4 is 46.4 Å². The molecule has 1 amide bonds. The van der Waals surface area contributed by atoms with Gasteiger partial charge in [0.1, 0.15) is 5.75 Å². The molecule has 0 bridgehead atoms. The number of nitrogens with zero attached hydrogens (tertiary/aromatic N) is 2. The van der Waals surface area contributed by atoms with Crippen LogP contribution in [0.5, 0.6) is 5.75 Å². The monoisotopic (exact) mass is 701 g/mol. The van der Waals surface area contributed by atoms with Gasteiger partial charge < -0.3 is 15.3 Å². The Morgan fingerprint density at radius 3 is 2.28 bits per heavy atom. The van der Waals surface area contributed by atoms with Gasteiger partial charge in [0, 0.05) is 53.9 Å². The first-order valence-corrected chi connectivity index (χ1v) is 16.7. The molecule has 1 saturated heterocycles. The summed E-state index contributed by atoms with van der Waals surface area (Å²) in [6.07, 6.45) is -0.416. The Bertz CT molecular complexity index is 1770. The van der Waals surface area contributed by atoms with E-state index in [-0.39, 0.29) is 22.7 Å². The molecule has 2 N–H and O–H groups in total. The van der Waals surface area contributed by atoms with Gasteiger partial charge in [-0.1, -0.05) is 78.0 Å². The van der Waals surface area contributed by atoms with Crippen molar-refractivity contribution in [1.29, 1.82) is 0 Å². The van der Waals surface area contributed by atoms with Gasteiger partial charge in [-0.15, -0.1) is 0 Å². The number of benzene rings is 4. The van der Waals surface area contributed by atoms with Crippen LogP contribution < -0.4 is 10.2 Å². The molecule has 4 aromatic rings. The van der Waals surface area contributed by atoms with Crippen molar-refractivity contribution in [3.8, 4) is 16.9 Å². The van der Waals surface area contributed by atoms with E-state index in [2.05, 4.69) is 15.1 Å². The zero-order valence-corrected chi connectivity index (χ0v) is 27.6. The molecule has 1 aliphatic carbocycles. The molecule has 2 fully saturated rings. The van der Waals surface area contributed by atoms with E-state index in [1.807, 2.05) is 30.3 Å². The molecule has 11 heteroatoms. The van der Waals surface area contributed by atoms with Gasteiger partial charge in [0.2, 0.25) is 0 Å². The highest BCUT2D eigenvalue weighted by molar-refractivity contribution is 6.43. The maximum atomic E-state index is 13.4. The van der Waals surface area contributed by atoms with Gasteiger partial charge in [0.15, 0.2) is 0 Å². The highest BCUT2D eigenvalue weighted by atomic mass is 35.5. The molecule has 1 atom stereocenters. The van der Waals surface area contributed by atoms with Crippen molar-refractivity contribution in [3.05, 3.63) is 116 Å². The van der Waals surface area contributed by atoms with Crippen LogP contribution in [0.3, 0.4) is 0 Å². The molecule has 47 heavy (non-hydrogen) atoms. The number of carbonyl (C=O) groups is 1. The summed E-state index contributed by atoms with van der Waals surface area (Å²) in [5.74, 6) is -0.129. The SMILES string of the molecule is O=C(NC1CCCC1)c1cccc(C(c2cc(-c3ccc(C(F)(F)F)cc3Cl)ccc2O)N2CCN(c3cccc(Cl)c3Cl)CC2)c1. The molecule has 1 saturated carbocycles. The number of hydrogen-bond donors (Lipinski definition) is 2. The van der Waals surface area contributed by atoms with Crippen molar-refractivity contribution in [2.24, 2.45) is 0 Å². The molecule has 0 spiro atoms. The summed E-state index contributed by atoms with van der Waals surface area (Å²) < 4.78 is 40.1. The summed E-state index contributed by atoms with van der Waals surface area (Å²) in [5.41, 5.74) is 2.82. The number of nitrogens with one attached hydrogen (secondary N) is 1. The molecule has 1 heterocycles. The smallest absolute Gasteiger partial charge is 0.416 e. The zero-order chi connectivity index (χ0) is 33.3. The fourth-order valence-electron chi connectivity index (χ4n) is 6.60. The van der Waals surface area contributed by atoms with Crippen LogP contribution >= 0.6 is 34.8 Å². The Labute approximate surface area is 286 Å². The number of halogens is 6. The first kappa shape index (κ1) is 33.5. The standard InChI is InChI=1S/C36H33Cl3F3N3O2/c37-29-9-4-10-31(33(29)39)44-15-17-45(18-16-44)34(23-5-3-6-24(19-23)35(47)43-26-7-1-2-8-26)28-20-22(11-14-32(28)46)27-13-12-25(21-30(27)38)36(40,41)42/h3-6,9-14,19-21,26,34,46H,1-2,7-8,15-18H2,(H,43,47). The van der Waals surface area contributed by atoms with Gasteiger partial charge in [-0.2, -0.15) is 13.2 Å². The molecule has 5 nitrogen and oxygen atoms in total. The van der Waals surface area contributed by atoms with Gasteiger partial charge in [-0.3, -0.25) is 9.69 Å². The Morgan fingerprint density at radius 2 is 1.57 bits per heavy atom. The van der Waals surface area contributed by atoms with Crippen LogP contribution in [0.15, 0.2) is 78.9 Å². The Morgan fingerprint density at radius 1 is 0.851 bits per heavy atom. The lowest BCUT2D eigenvalue weighted by Crippen LogP contribution is -2.48. The Hall–Kier alpha value is -3.43. The molecule has 0 radical (unpaired) electrons. The lowest BCUT2D eigenvalue weighted by atomic mass is 9.91. The summed E-state index contributed by atoms with van der Waals surface area (Å²) in [6, 6.07) is 20.8.